The summed E-state index contributed by atoms with van der Waals surface area (Å²) in [5, 5.41) is 3.40. The van der Waals surface area contributed by atoms with Gasteiger partial charge in [0.15, 0.2) is 0 Å². The molecule has 1 amide bonds. The molecule has 0 radical (unpaired) electrons. The molecule has 3 N–H and O–H groups in total. The minimum atomic E-state index is -0.153. The zero-order chi connectivity index (χ0) is 14.0. The number of nitrogens with one attached hydrogen (secondary N) is 1. The van der Waals surface area contributed by atoms with Gasteiger partial charge in [0.05, 0.1) is 5.41 Å². The van der Waals surface area contributed by atoms with Crippen LogP contribution in [0.25, 0.3) is 0 Å². The smallest absolute Gasteiger partial charge is 0.230 e. The molecule has 1 aromatic rings. The summed E-state index contributed by atoms with van der Waals surface area (Å²) in [6, 6.07) is 7.84. The summed E-state index contributed by atoms with van der Waals surface area (Å²) < 4.78 is 0. The number of benzene rings is 1. The Hall–Kier alpha value is -0.970. The molecule has 22 heavy (non-hydrogen) atoms. The van der Waals surface area contributed by atoms with E-state index in [-0.39, 0.29) is 30.2 Å². The average Bonchev–Trinajstić information content (AvgIpc) is 2.47. The second-order valence-electron chi connectivity index (χ2n) is 6.09. The van der Waals surface area contributed by atoms with Gasteiger partial charge in [0.1, 0.15) is 0 Å². The van der Waals surface area contributed by atoms with E-state index >= 15 is 0 Å². The van der Waals surface area contributed by atoms with Crippen LogP contribution in [0.1, 0.15) is 31.2 Å². The number of likely N-dealkylation sites (tertiary alicyclic amines) is 1. The monoisotopic (exact) mass is 345 g/mol. The zero-order valence-electron chi connectivity index (χ0n) is 12.7. The van der Waals surface area contributed by atoms with Crippen LogP contribution < -0.4 is 11.1 Å². The predicted octanol–water partition coefficient (Wildman–Crippen LogP) is 2.60. The molecule has 2 fully saturated rings. The van der Waals surface area contributed by atoms with Gasteiger partial charge in [-0.2, -0.15) is 0 Å². The molecule has 6 heteroatoms. The molecule has 1 aromatic carbocycles. The number of hydrogen-bond donors (Lipinski definition) is 2. The van der Waals surface area contributed by atoms with Gasteiger partial charge in [-0.15, -0.1) is 24.8 Å². The summed E-state index contributed by atoms with van der Waals surface area (Å²) in [4.78, 5) is 14.9. The Morgan fingerprint density at radius 3 is 2.59 bits per heavy atom. The van der Waals surface area contributed by atoms with E-state index < -0.39 is 0 Å². The van der Waals surface area contributed by atoms with Crippen molar-refractivity contribution in [3.63, 3.8) is 0 Å². The van der Waals surface area contributed by atoms with E-state index in [1.165, 1.54) is 0 Å². The highest BCUT2D eigenvalue weighted by Crippen LogP contribution is 2.37. The molecule has 2 aliphatic rings. The van der Waals surface area contributed by atoms with Crippen molar-refractivity contribution >= 4 is 36.4 Å². The topological polar surface area (TPSA) is 58.4 Å². The fourth-order valence-electron chi connectivity index (χ4n) is 3.55. The molecule has 124 valence electrons. The van der Waals surface area contributed by atoms with Crippen molar-refractivity contribution in [3.8, 4) is 0 Å². The van der Waals surface area contributed by atoms with Crippen LogP contribution in [-0.4, -0.2) is 30.4 Å². The van der Waals surface area contributed by atoms with Crippen molar-refractivity contribution in [2.75, 3.05) is 25.4 Å². The third-order valence-electron chi connectivity index (χ3n) is 4.71. The van der Waals surface area contributed by atoms with Gasteiger partial charge in [-0.05, 0) is 43.9 Å². The molecule has 0 saturated carbocycles. The molecule has 1 atom stereocenters. The Bertz CT molecular complexity index is 498. The van der Waals surface area contributed by atoms with Gasteiger partial charge in [-0.25, -0.2) is 0 Å². The predicted molar refractivity (Wildman–Crippen MR) is 94.5 cm³/mol. The maximum absolute atomic E-state index is 12.9. The van der Waals surface area contributed by atoms with Gasteiger partial charge in [-0.3, -0.25) is 4.79 Å². The molecular weight excluding hydrogens is 321 g/mol. The number of halogens is 2. The minimum Gasteiger partial charge on any atom is -0.398 e. The molecule has 3 rings (SSSR count). The minimum absolute atomic E-state index is 0. The first kappa shape index (κ1) is 19.1. The molecule has 2 saturated heterocycles. The van der Waals surface area contributed by atoms with Gasteiger partial charge in [0.2, 0.25) is 5.91 Å². The van der Waals surface area contributed by atoms with E-state index in [9.17, 15) is 4.79 Å². The van der Waals surface area contributed by atoms with Gasteiger partial charge in [0.25, 0.3) is 0 Å². The number of anilines is 1. The molecule has 0 aliphatic carbocycles. The number of rotatable bonds is 2. The third kappa shape index (κ3) is 3.67. The number of piperidine rings is 2. The molecule has 2 aliphatic heterocycles. The van der Waals surface area contributed by atoms with E-state index in [0.29, 0.717) is 12.5 Å². The lowest BCUT2D eigenvalue weighted by Gasteiger charge is -2.44. The van der Waals surface area contributed by atoms with Crippen LogP contribution in [0, 0.1) is 5.41 Å². The highest BCUT2D eigenvalue weighted by Gasteiger charge is 2.44. The van der Waals surface area contributed by atoms with Crippen molar-refractivity contribution in [1.29, 1.82) is 0 Å². The van der Waals surface area contributed by atoms with Gasteiger partial charge in [-0.1, -0.05) is 18.2 Å². The number of nitrogen functional groups attached to an aromatic ring is 1. The van der Waals surface area contributed by atoms with Crippen molar-refractivity contribution in [2.24, 2.45) is 5.41 Å². The Labute approximate surface area is 144 Å². The summed E-state index contributed by atoms with van der Waals surface area (Å²) in [7, 11) is 0. The summed E-state index contributed by atoms with van der Waals surface area (Å²) in [6.45, 7) is 3.38. The number of carbonyl (C=O) groups is 1. The number of para-hydroxylation sites is 1. The van der Waals surface area contributed by atoms with Crippen LogP contribution in [0.2, 0.25) is 0 Å². The Kier molecular flexibility index (Phi) is 6.98. The van der Waals surface area contributed by atoms with Crippen LogP contribution in [0.5, 0.6) is 0 Å². The van der Waals surface area contributed by atoms with Gasteiger partial charge >= 0.3 is 0 Å². The van der Waals surface area contributed by atoms with Crippen molar-refractivity contribution in [3.05, 3.63) is 29.8 Å². The fraction of sp³-hybridized carbons (Fsp3) is 0.562. The number of carbonyl (C=O) groups excluding carboxylic acids is 1. The van der Waals surface area contributed by atoms with Crippen LogP contribution in [0.15, 0.2) is 24.3 Å². The zero-order valence-corrected chi connectivity index (χ0v) is 14.3. The van der Waals surface area contributed by atoms with Crippen LogP contribution in [-0.2, 0) is 11.3 Å². The normalized spacial score (nSPS) is 24.5. The fourth-order valence-corrected chi connectivity index (χ4v) is 3.55. The summed E-state index contributed by atoms with van der Waals surface area (Å²) in [5.41, 5.74) is 7.69. The Balaban J connectivity index is 0.00000121. The lowest BCUT2D eigenvalue weighted by atomic mass is 9.73. The van der Waals surface area contributed by atoms with Gasteiger partial charge in [0, 0.05) is 25.3 Å². The number of nitrogens with two attached hydrogens (primary N) is 1. The van der Waals surface area contributed by atoms with Crippen molar-refractivity contribution < 1.29 is 4.79 Å². The maximum atomic E-state index is 12.9. The van der Waals surface area contributed by atoms with Crippen LogP contribution in [0.3, 0.4) is 0 Å². The Morgan fingerprint density at radius 1 is 1.18 bits per heavy atom. The SMILES string of the molecule is Cl.Cl.Nc1ccccc1CN1CCCC2(CCCNC2)C1=O. The lowest BCUT2D eigenvalue weighted by Crippen LogP contribution is -2.54. The van der Waals surface area contributed by atoms with Crippen LogP contribution >= 0.6 is 24.8 Å². The molecule has 1 spiro atoms. The molecule has 0 aromatic heterocycles. The van der Waals surface area contributed by atoms with E-state index in [1.54, 1.807) is 0 Å². The molecule has 2 heterocycles. The first-order valence-electron chi connectivity index (χ1n) is 7.55. The number of amides is 1. The summed E-state index contributed by atoms with van der Waals surface area (Å²) in [5.74, 6) is 0.319. The molecule has 4 nitrogen and oxygen atoms in total. The number of nitrogens with zero attached hydrogens (tertiary/aromatic N) is 1. The molecule has 0 bridgehead atoms. The standard InChI is InChI=1S/C16H23N3O.2ClH/c17-14-6-2-1-5-13(14)11-19-10-4-8-16(15(19)20)7-3-9-18-12-16;;/h1-2,5-6,18H,3-4,7-12,17H2;2*1H. The molecule has 1 unspecified atom stereocenters. The first-order valence-corrected chi connectivity index (χ1v) is 7.55. The number of hydrogen-bond acceptors (Lipinski definition) is 3. The van der Waals surface area contributed by atoms with E-state index in [1.807, 2.05) is 29.2 Å². The quantitative estimate of drug-likeness (QED) is 0.810. The average molecular weight is 346 g/mol. The second kappa shape index (κ2) is 8.04. The molecular formula is C16H25Cl2N3O. The van der Waals surface area contributed by atoms with Gasteiger partial charge < -0.3 is 16.0 Å². The van der Waals surface area contributed by atoms with E-state index in [4.69, 9.17) is 5.73 Å². The highest BCUT2D eigenvalue weighted by atomic mass is 35.5. The van der Waals surface area contributed by atoms with Crippen molar-refractivity contribution in [2.45, 2.75) is 32.2 Å². The summed E-state index contributed by atoms with van der Waals surface area (Å²) >= 11 is 0. The van der Waals surface area contributed by atoms with Crippen molar-refractivity contribution in [1.82, 2.24) is 10.2 Å². The lowest BCUT2D eigenvalue weighted by molar-refractivity contribution is -0.148. The third-order valence-corrected chi connectivity index (χ3v) is 4.71. The first-order chi connectivity index (χ1) is 9.71. The van der Waals surface area contributed by atoms with E-state index in [2.05, 4.69) is 5.32 Å². The highest BCUT2D eigenvalue weighted by molar-refractivity contribution is 5.85. The second-order valence-corrected chi connectivity index (χ2v) is 6.09. The van der Waals surface area contributed by atoms with Crippen LogP contribution in [0.4, 0.5) is 5.69 Å². The Morgan fingerprint density at radius 2 is 1.91 bits per heavy atom. The van der Waals surface area contributed by atoms with E-state index in [0.717, 1.165) is 56.6 Å². The summed E-state index contributed by atoms with van der Waals surface area (Å²) in [6.07, 6.45) is 4.26. The maximum Gasteiger partial charge on any atom is 0.230 e. The largest absolute Gasteiger partial charge is 0.398 e.